The summed E-state index contributed by atoms with van der Waals surface area (Å²) in [5.41, 5.74) is 0. The zero-order valence-corrected chi connectivity index (χ0v) is 11.3. The molecule has 1 aromatic rings. The van der Waals surface area contributed by atoms with Gasteiger partial charge in [0.15, 0.2) is 0 Å². The molecule has 2 atom stereocenters. The largest absolute Gasteiger partial charge is 0.480 e. The van der Waals surface area contributed by atoms with Gasteiger partial charge >= 0.3 is 12.0 Å². The molecule has 0 radical (unpaired) electrons. The molecular weight excluding hydrogens is 268 g/mol. The van der Waals surface area contributed by atoms with E-state index in [1.165, 1.54) is 9.80 Å². The molecule has 0 bridgehead atoms. The molecule has 1 unspecified atom stereocenters. The minimum absolute atomic E-state index is 0.0740. The monoisotopic (exact) mass is 284 g/mol. The number of hydrogen-bond acceptors (Lipinski definition) is 4. The Labute approximate surface area is 114 Å². The van der Waals surface area contributed by atoms with Gasteiger partial charge in [0.05, 0.1) is 12.6 Å². The van der Waals surface area contributed by atoms with Crippen LogP contribution >= 0.6 is 11.3 Å². The molecule has 2 amide bonds. The molecule has 7 heteroatoms. The number of urea groups is 1. The van der Waals surface area contributed by atoms with Crippen molar-refractivity contribution >= 4 is 23.3 Å². The second-order valence-corrected chi connectivity index (χ2v) is 5.65. The number of aliphatic hydroxyl groups is 1. The van der Waals surface area contributed by atoms with Gasteiger partial charge in [-0.2, -0.15) is 0 Å². The van der Waals surface area contributed by atoms with E-state index >= 15 is 0 Å². The molecule has 6 nitrogen and oxygen atoms in total. The number of carboxylic acid groups (broad SMARTS) is 1. The first-order chi connectivity index (χ1) is 8.99. The van der Waals surface area contributed by atoms with Crippen molar-refractivity contribution in [3.8, 4) is 0 Å². The standard InChI is InChI=1S/C12H16N2O4S/c1-13(7-9-3-2-4-19-9)12(18)14-6-8(15)5-10(14)11(16)17/h2-4,8,10,15H,5-7H2,1H3,(H,16,17)/t8?,10-/m0/s1. The van der Waals surface area contributed by atoms with Gasteiger partial charge in [-0.15, -0.1) is 11.3 Å². The van der Waals surface area contributed by atoms with Gasteiger partial charge in [-0.05, 0) is 11.4 Å². The molecule has 1 aromatic heterocycles. The summed E-state index contributed by atoms with van der Waals surface area (Å²) in [5, 5.41) is 20.5. The fourth-order valence-electron chi connectivity index (χ4n) is 2.18. The van der Waals surface area contributed by atoms with Crippen molar-refractivity contribution < 1.29 is 19.8 Å². The fraction of sp³-hybridized carbons (Fsp3) is 0.500. The number of aliphatic hydroxyl groups excluding tert-OH is 1. The van der Waals surface area contributed by atoms with E-state index in [0.717, 1.165) is 4.88 Å². The van der Waals surface area contributed by atoms with Crippen LogP contribution in [0.5, 0.6) is 0 Å². The molecule has 0 aliphatic carbocycles. The molecule has 2 rings (SSSR count). The zero-order chi connectivity index (χ0) is 14.0. The maximum absolute atomic E-state index is 12.2. The Bertz CT molecular complexity index is 462. The maximum atomic E-state index is 12.2. The normalized spacial score (nSPS) is 22.5. The van der Waals surface area contributed by atoms with Crippen LogP contribution in [0.2, 0.25) is 0 Å². The van der Waals surface area contributed by atoms with Crippen LogP contribution in [-0.4, -0.2) is 57.8 Å². The van der Waals surface area contributed by atoms with Gasteiger partial charge in [-0.1, -0.05) is 6.07 Å². The Morgan fingerprint density at radius 2 is 2.32 bits per heavy atom. The number of carbonyl (C=O) groups excluding carboxylic acids is 1. The highest BCUT2D eigenvalue weighted by Gasteiger charge is 2.40. The van der Waals surface area contributed by atoms with Gasteiger partial charge in [-0.25, -0.2) is 9.59 Å². The first-order valence-electron chi connectivity index (χ1n) is 5.94. The fourth-order valence-corrected chi connectivity index (χ4v) is 2.94. The van der Waals surface area contributed by atoms with Crippen LogP contribution in [0.15, 0.2) is 17.5 Å². The predicted octanol–water partition coefficient (Wildman–Crippen LogP) is 0.820. The topological polar surface area (TPSA) is 81.1 Å². The highest BCUT2D eigenvalue weighted by atomic mass is 32.1. The van der Waals surface area contributed by atoms with Crippen molar-refractivity contribution in [2.75, 3.05) is 13.6 Å². The maximum Gasteiger partial charge on any atom is 0.326 e. The van der Waals surface area contributed by atoms with Gasteiger partial charge in [0, 0.05) is 24.9 Å². The quantitative estimate of drug-likeness (QED) is 0.861. The number of nitrogens with zero attached hydrogens (tertiary/aromatic N) is 2. The summed E-state index contributed by atoms with van der Waals surface area (Å²) >= 11 is 1.54. The SMILES string of the molecule is CN(Cc1cccs1)C(=O)N1CC(O)C[C@H]1C(=O)O. The molecule has 2 heterocycles. The second-order valence-electron chi connectivity index (χ2n) is 4.61. The number of carbonyl (C=O) groups is 2. The Balaban J connectivity index is 2.03. The lowest BCUT2D eigenvalue weighted by atomic mass is 10.2. The van der Waals surface area contributed by atoms with Gasteiger partial charge in [0.25, 0.3) is 0 Å². The Kier molecular flexibility index (Phi) is 4.06. The minimum atomic E-state index is -1.07. The average molecular weight is 284 g/mol. The molecule has 0 saturated carbocycles. The van der Waals surface area contributed by atoms with Crippen LogP contribution < -0.4 is 0 Å². The molecule has 19 heavy (non-hydrogen) atoms. The Hall–Kier alpha value is -1.60. The van der Waals surface area contributed by atoms with Gasteiger partial charge in [-0.3, -0.25) is 0 Å². The van der Waals surface area contributed by atoms with Crippen LogP contribution in [0.4, 0.5) is 4.79 Å². The molecule has 0 spiro atoms. The number of β-amino-alcohol motifs (C(OH)–C–C–N with tert-alkyl or cyclic N) is 1. The van der Waals surface area contributed by atoms with Crippen LogP contribution in [0.3, 0.4) is 0 Å². The van der Waals surface area contributed by atoms with Crippen molar-refractivity contribution in [1.29, 1.82) is 0 Å². The molecule has 1 fully saturated rings. The average Bonchev–Trinajstić information content (AvgIpc) is 2.97. The zero-order valence-electron chi connectivity index (χ0n) is 10.5. The summed E-state index contributed by atoms with van der Waals surface area (Å²) in [6, 6.07) is 2.52. The smallest absolute Gasteiger partial charge is 0.326 e. The van der Waals surface area contributed by atoms with Crippen molar-refractivity contribution in [2.24, 2.45) is 0 Å². The summed E-state index contributed by atoms with van der Waals surface area (Å²) in [6.07, 6.45) is -0.673. The summed E-state index contributed by atoms with van der Waals surface area (Å²) < 4.78 is 0. The summed E-state index contributed by atoms with van der Waals surface area (Å²) in [6.45, 7) is 0.514. The van der Waals surface area contributed by atoms with Gasteiger partial charge in [0.1, 0.15) is 6.04 Å². The molecular formula is C12H16N2O4S. The highest BCUT2D eigenvalue weighted by Crippen LogP contribution is 2.21. The lowest BCUT2D eigenvalue weighted by Crippen LogP contribution is -2.46. The highest BCUT2D eigenvalue weighted by molar-refractivity contribution is 7.09. The number of aliphatic carboxylic acids is 1. The predicted molar refractivity (Wildman–Crippen MR) is 69.9 cm³/mol. The third kappa shape index (κ3) is 3.05. The summed E-state index contributed by atoms with van der Waals surface area (Å²) in [7, 11) is 1.63. The van der Waals surface area contributed by atoms with Gasteiger partial charge < -0.3 is 20.0 Å². The minimum Gasteiger partial charge on any atom is -0.480 e. The van der Waals surface area contributed by atoms with Crippen molar-refractivity contribution in [2.45, 2.75) is 25.1 Å². The summed E-state index contributed by atoms with van der Waals surface area (Å²) in [5.74, 6) is -1.07. The first-order valence-corrected chi connectivity index (χ1v) is 6.82. The van der Waals surface area contributed by atoms with Gasteiger partial charge in [0.2, 0.25) is 0 Å². The first kappa shape index (κ1) is 13.8. The number of thiophene rings is 1. The third-order valence-electron chi connectivity index (χ3n) is 3.11. The van der Waals surface area contributed by atoms with E-state index in [1.807, 2.05) is 17.5 Å². The van der Waals surface area contributed by atoms with E-state index in [1.54, 1.807) is 18.4 Å². The number of rotatable bonds is 3. The number of amides is 2. The van der Waals surface area contributed by atoms with Crippen LogP contribution in [0.25, 0.3) is 0 Å². The van der Waals surface area contributed by atoms with E-state index in [2.05, 4.69) is 0 Å². The summed E-state index contributed by atoms with van der Waals surface area (Å²) in [4.78, 5) is 27.0. The number of carboxylic acids is 1. The van der Waals surface area contributed by atoms with E-state index in [0.29, 0.717) is 6.54 Å². The third-order valence-corrected chi connectivity index (χ3v) is 3.97. The van der Waals surface area contributed by atoms with Crippen molar-refractivity contribution in [3.05, 3.63) is 22.4 Å². The van der Waals surface area contributed by atoms with E-state index in [4.69, 9.17) is 5.11 Å². The molecule has 0 aromatic carbocycles. The second kappa shape index (κ2) is 5.58. The van der Waals surface area contributed by atoms with Crippen LogP contribution in [0.1, 0.15) is 11.3 Å². The van der Waals surface area contributed by atoms with E-state index in [9.17, 15) is 14.7 Å². The molecule has 2 N–H and O–H groups in total. The van der Waals surface area contributed by atoms with E-state index < -0.39 is 18.1 Å². The van der Waals surface area contributed by atoms with Crippen molar-refractivity contribution in [3.63, 3.8) is 0 Å². The van der Waals surface area contributed by atoms with E-state index in [-0.39, 0.29) is 19.0 Å². The number of likely N-dealkylation sites (tertiary alicyclic amines) is 1. The Morgan fingerprint density at radius 1 is 1.58 bits per heavy atom. The van der Waals surface area contributed by atoms with Crippen molar-refractivity contribution in [1.82, 2.24) is 9.80 Å². The lowest BCUT2D eigenvalue weighted by molar-refractivity contribution is -0.141. The molecule has 104 valence electrons. The molecule has 1 aliphatic rings. The molecule has 1 saturated heterocycles. The molecule has 1 aliphatic heterocycles. The van der Waals surface area contributed by atoms with Crippen LogP contribution in [-0.2, 0) is 11.3 Å². The Morgan fingerprint density at radius 3 is 2.89 bits per heavy atom. The van der Waals surface area contributed by atoms with Crippen LogP contribution in [0, 0.1) is 0 Å². The number of hydrogen-bond donors (Lipinski definition) is 2. The lowest BCUT2D eigenvalue weighted by Gasteiger charge is -2.27.